The minimum atomic E-state index is -3.13. The van der Waals surface area contributed by atoms with Crippen molar-refractivity contribution < 1.29 is 12.8 Å². The molecule has 0 unspecified atom stereocenters. The molecule has 0 aromatic heterocycles. The maximum absolute atomic E-state index is 12.7. The van der Waals surface area contributed by atoms with E-state index in [1.165, 1.54) is 12.1 Å². The average molecular weight is 244 g/mol. The Morgan fingerprint density at radius 2 is 1.88 bits per heavy atom. The lowest BCUT2D eigenvalue weighted by Gasteiger charge is -2.21. The Balaban J connectivity index is 2.13. The van der Waals surface area contributed by atoms with Crippen LogP contribution in [-0.2, 0) is 10.0 Å². The van der Waals surface area contributed by atoms with Crippen molar-refractivity contribution in [2.75, 3.05) is 30.3 Å². The van der Waals surface area contributed by atoms with E-state index in [1.807, 2.05) is 4.90 Å². The lowest BCUT2D eigenvalue weighted by atomic mass is 10.3. The number of rotatable bonds is 1. The molecular formula is C10H13FN2O2S. The van der Waals surface area contributed by atoms with Crippen molar-refractivity contribution in [2.45, 2.75) is 0 Å². The van der Waals surface area contributed by atoms with E-state index < -0.39 is 10.0 Å². The fourth-order valence-electron chi connectivity index (χ4n) is 1.66. The Labute approximate surface area is 94.1 Å². The highest BCUT2D eigenvalue weighted by atomic mass is 32.2. The Bertz CT molecular complexity index is 458. The first-order valence-corrected chi connectivity index (χ1v) is 6.70. The molecule has 0 atom stereocenters. The quantitative estimate of drug-likeness (QED) is 0.785. The Morgan fingerprint density at radius 3 is 2.56 bits per heavy atom. The van der Waals surface area contributed by atoms with Gasteiger partial charge in [-0.05, 0) is 24.3 Å². The van der Waals surface area contributed by atoms with E-state index >= 15 is 0 Å². The molecule has 1 saturated heterocycles. The van der Waals surface area contributed by atoms with Crippen LogP contribution in [-0.4, -0.2) is 33.8 Å². The van der Waals surface area contributed by atoms with E-state index in [9.17, 15) is 12.8 Å². The van der Waals surface area contributed by atoms with Gasteiger partial charge < -0.3 is 4.90 Å². The highest BCUT2D eigenvalue weighted by Gasteiger charge is 2.18. The van der Waals surface area contributed by atoms with Crippen molar-refractivity contribution in [1.29, 1.82) is 0 Å². The van der Waals surface area contributed by atoms with E-state index in [4.69, 9.17) is 0 Å². The molecular weight excluding hydrogens is 231 g/mol. The number of benzene rings is 1. The van der Waals surface area contributed by atoms with E-state index in [2.05, 4.69) is 4.72 Å². The maximum Gasteiger partial charge on any atom is 0.213 e. The zero-order valence-corrected chi connectivity index (χ0v) is 9.50. The van der Waals surface area contributed by atoms with Crippen molar-refractivity contribution in [2.24, 2.45) is 0 Å². The summed E-state index contributed by atoms with van der Waals surface area (Å²) in [4.78, 5) is 1.93. The molecule has 1 fully saturated rings. The molecule has 1 aromatic carbocycles. The highest BCUT2D eigenvalue weighted by Crippen LogP contribution is 2.15. The number of sulfonamides is 1. The molecule has 16 heavy (non-hydrogen) atoms. The molecule has 88 valence electrons. The molecule has 4 nitrogen and oxygen atoms in total. The van der Waals surface area contributed by atoms with Crippen LogP contribution in [0.25, 0.3) is 0 Å². The molecule has 1 aromatic rings. The maximum atomic E-state index is 12.7. The first-order chi connectivity index (χ1) is 7.57. The van der Waals surface area contributed by atoms with Gasteiger partial charge in [-0.25, -0.2) is 17.5 Å². The van der Waals surface area contributed by atoms with Gasteiger partial charge in [0.25, 0.3) is 0 Å². The monoisotopic (exact) mass is 244 g/mol. The van der Waals surface area contributed by atoms with Gasteiger partial charge in [-0.1, -0.05) is 0 Å². The lowest BCUT2D eigenvalue weighted by Crippen LogP contribution is -2.28. The van der Waals surface area contributed by atoms with Crippen molar-refractivity contribution in [3.05, 3.63) is 30.1 Å². The predicted molar refractivity (Wildman–Crippen MR) is 60.4 cm³/mol. The first kappa shape index (κ1) is 11.3. The molecule has 1 aliphatic rings. The Kier molecular flexibility index (Phi) is 3.11. The molecule has 0 radical (unpaired) electrons. The van der Waals surface area contributed by atoms with Crippen molar-refractivity contribution >= 4 is 15.7 Å². The first-order valence-electron chi connectivity index (χ1n) is 5.05. The molecule has 0 amide bonds. The summed E-state index contributed by atoms with van der Waals surface area (Å²) in [5, 5.41) is 0. The van der Waals surface area contributed by atoms with Crippen LogP contribution in [0.2, 0.25) is 0 Å². The molecule has 0 bridgehead atoms. The van der Waals surface area contributed by atoms with Crippen LogP contribution >= 0.6 is 0 Å². The summed E-state index contributed by atoms with van der Waals surface area (Å²) in [5.74, 6) is -0.214. The van der Waals surface area contributed by atoms with Gasteiger partial charge in [-0.3, -0.25) is 0 Å². The predicted octanol–water partition coefficient (Wildman–Crippen LogP) is 0.565. The third kappa shape index (κ3) is 2.70. The SMILES string of the molecule is O=S1(=O)CCN(c2ccc(F)cc2)CCN1. The van der Waals surface area contributed by atoms with Gasteiger partial charge >= 0.3 is 0 Å². The third-order valence-electron chi connectivity index (χ3n) is 2.53. The van der Waals surface area contributed by atoms with Crippen LogP contribution < -0.4 is 9.62 Å². The molecule has 0 spiro atoms. The molecule has 2 rings (SSSR count). The molecule has 0 aliphatic carbocycles. The summed E-state index contributed by atoms with van der Waals surface area (Å²) in [6.45, 7) is 1.42. The van der Waals surface area contributed by atoms with Crippen LogP contribution in [0, 0.1) is 5.82 Å². The zero-order valence-electron chi connectivity index (χ0n) is 8.69. The van der Waals surface area contributed by atoms with Crippen LogP contribution in [0.4, 0.5) is 10.1 Å². The Hall–Kier alpha value is -1.14. The molecule has 0 saturated carbocycles. The number of anilines is 1. The summed E-state index contributed by atoms with van der Waals surface area (Å²) in [7, 11) is -3.13. The summed E-state index contributed by atoms with van der Waals surface area (Å²) in [5.41, 5.74) is 0.848. The fourth-order valence-corrected chi connectivity index (χ4v) is 2.67. The highest BCUT2D eigenvalue weighted by molar-refractivity contribution is 7.89. The lowest BCUT2D eigenvalue weighted by molar-refractivity contribution is 0.586. The van der Waals surface area contributed by atoms with Crippen LogP contribution in [0.5, 0.6) is 0 Å². The van der Waals surface area contributed by atoms with E-state index in [1.54, 1.807) is 12.1 Å². The second-order valence-electron chi connectivity index (χ2n) is 3.68. The summed E-state index contributed by atoms with van der Waals surface area (Å²) in [6, 6.07) is 6.07. The van der Waals surface area contributed by atoms with Gasteiger partial charge in [-0.15, -0.1) is 0 Å². The van der Waals surface area contributed by atoms with Gasteiger partial charge in [0.15, 0.2) is 0 Å². The normalized spacial score (nSPS) is 20.4. The summed E-state index contributed by atoms with van der Waals surface area (Å²) >= 11 is 0. The van der Waals surface area contributed by atoms with Crippen molar-refractivity contribution in [1.82, 2.24) is 4.72 Å². The van der Waals surface area contributed by atoms with Crippen LogP contribution in [0.3, 0.4) is 0 Å². The largest absolute Gasteiger partial charge is 0.369 e. The number of hydrogen-bond acceptors (Lipinski definition) is 3. The average Bonchev–Trinajstić information content (AvgIpc) is 2.41. The van der Waals surface area contributed by atoms with Gasteiger partial charge in [0.2, 0.25) is 10.0 Å². The Morgan fingerprint density at radius 1 is 1.19 bits per heavy atom. The van der Waals surface area contributed by atoms with Crippen molar-refractivity contribution in [3.8, 4) is 0 Å². The second kappa shape index (κ2) is 4.39. The molecule has 1 heterocycles. The van der Waals surface area contributed by atoms with Gasteiger partial charge in [0.05, 0.1) is 5.75 Å². The minimum Gasteiger partial charge on any atom is -0.369 e. The summed E-state index contributed by atoms with van der Waals surface area (Å²) in [6.07, 6.45) is 0. The van der Waals surface area contributed by atoms with Gasteiger partial charge in [-0.2, -0.15) is 0 Å². The second-order valence-corrected chi connectivity index (χ2v) is 5.60. The third-order valence-corrected chi connectivity index (χ3v) is 3.89. The minimum absolute atomic E-state index is 0.0738. The van der Waals surface area contributed by atoms with Gasteiger partial charge in [0.1, 0.15) is 5.82 Å². The van der Waals surface area contributed by atoms with Crippen LogP contribution in [0.1, 0.15) is 0 Å². The number of nitrogens with zero attached hydrogens (tertiary/aromatic N) is 1. The van der Waals surface area contributed by atoms with Crippen LogP contribution in [0.15, 0.2) is 24.3 Å². The number of hydrogen-bond donors (Lipinski definition) is 1. The molecule has 1 N–H and O–H groups in total. The van der Waals surface area contributed by atoms with E-state index in [-0.39, 0.29) is 11.6 Å². The zero-order chi connectivity index (χ0) is 11.6. The smallest absolute Gasteiger partial charge is 0.213 e. The standard InChI is InChI=1S/C10H13FN2O2S/c11-9-1-3-10(4-2-9)13-6-5-12-16(14,15)8-7-13/h1-4,12H,5-8H2. The van der Waals surface area contributed by atoms with Gasteiger partial charge in [0, 0.05) is 25.3 Å². The fraction of sp³-hybridized carbons (Fsp3) is 0.400. The number of nitrogens with one attached hydrogen (secondary N) is 1. The number of halogens is 1. The topological polar surface area (TPSA) is 49.4 Å². The molecule has 1 aliphatic heterocycles. The van der Waals surface area contributed by atoms with Crippen molar-refractivity contribution in [3.63, 3.8) is 0 Å². The summed E-state index contributed by atoms with van der Waals surface area (Å²) < 4.78 is 37.8. The molecule has 6 heteroatoms. The van der Waals surface area contributed by atoms with E-state index in [0.717, 1.165) is 5.69 Å². The van der Waals surface area contributed by atoms with E-state index in [0.29, 0.717) is 19.6 Å².